The van der Waals surface area contributed by atoms with E-state index in [0.717, 1.165) is 31.0 Å². The second-order valence-corrected chi connectivity index (χ2v) is 5.88. The fraction of sp³-hybridized carbons (Fsp3) is 0.667. The van der Waals surface area contributed by atoms with Gasteiger partial charge in [0.25, 0.3) is 0 Å². The number of nitrogens with one attached hydrogen (secondary N) is 1. The third-order valence-electron chi connectivity index (χ3n) is 2.75. The molecule has 6 heteroatoms. The van der Waals surface area contributed by atoms with Gasteiger partial charge in [0.15, 0.2) is 0 Å². The number of ether oxygens (including phenoxy) is 1. The minimum atomic E-state index is -0.461. The topological polar surface area (TPSA) is 67.4 Å². The van der Waals surface area contributed by atoms with E-state index in [1.54, 1.807) is 12.4 Å². The molecule has 0 atom stereocenters. The number of anilines is 1. The van der Waals surface area contributed by atoms with E-state index in [-0.39, 0.29) is 6.09 Å². The van der Waals surface area contributed by atoms with Gasteiger partial charge in [-0.15, -0.1) is 0 Å². The zero-order valence-corrected chi connectivity index (χ0v) is 13.6. The van der Waals surface area contributed by atoms with Crippen LogP contribution in [0, 0.1) is 6.92 Å². The number of alkyl carbamates (subject to hydrolysis) is 1. The molecule has 1 aromatic rings. The lowest BCUT2D eigenvalue weighted by molar-refractivity contribution is 0.0527. The van der Waals surface area contributed by atoms with E-state index < -0.39 is 5.60 Å². The van der Waals surface area contributed by atoms with Gasteiger partial charge >= 0.3 is 6.09 Å². The van der Waals surface area contributed by atoms with Gasteiger partial charge in [0.2, 0.25) is 0 Å². The summed E-state index contributed by atoms with van der Waals surface area (Å²) in [6.45, 7) is 11.8. The highest BCUT2D eigenvalue weighted by Gasteiger charge is 2.15. The van der Waals surface area contributed by atoms with Gasteiger partial charge in [-0.1, -0.05) is 0 Å². The largest absolute Gasteiger partial charge is 0.444 e. The number of hydrogen-bond donors (Lipinski definition) is 1. The maximum Gasteiger partial charge on any atom is 0.407 e. The predicted octanol–water partition coefficient (Wildman–Crippen LogP) is 2.53. The Balaban J connectivity index is 2.33. The van der Waals surface area contributed by atoms with Gasteiger partial charge in [-0.3, -0.25) is 4.98 Å². The molecule has 0 aliphatic carbocycles. The van der Waals surface area contributed by atoms with E-state index >= 15 is 0 Å². The van der Waals surface area contributed by atoms with Crippen LogP contribution in [0.5, 0.6) is 0 Å². The van der Waals surface area contributed by atoms with Crippen molar-refractivity contribution < 1.29 is 9.53 Å². The molecule has 0 fully saturated rings. The van der Waals surface area contributed by atoms with Crippen molar-refractivity contribution in [3.63, 3.8) is 0 Å². The summed E-state index contributed by atoms with van der Waals surface area (Å²) in [5, 5.41) is 2.76. The van der Waals surface area contributed by atoms with Crippen molar-refractivity contribution in [2.45, 2.75) is 46.6 Å². The molecule has 0 aromatic carbocycles. The third-order valence-corrected chi connectivity index (χ3v) is 2.75. The summed E-state index contributed by atoms with van der Waals surface area (Å²) in [4.78, 5) is 22.3. The number of nitrogens with zero attached hydrogens (tertiary/aromatic N) is 3. The van der Waals surface area contributed by atoms with Crippen molar-refractivity contribution in [2.75, 3.05) is 24.5 Å². The number of amides is 1. The van der Waals surface area contributed by atoms with Crippen LogP contribution in [-0.4, -0.2) is 41.3 Å². The summed E-state index contributed by atoms with van der Waals surface area (Å²) in [6, 6.07) is 0. The summed E-state index contributed by atoms with van der Waals surface area (Å²) >= 11 is 0. The van der Waals surface area contributed by atoms with Crippen LogP contribution in [0.4, 0.5) is 10.6 Å². The lowest BCUT2D eigenvalue weighted by Crippen LogP contribution is -2.34. The molecule has 1 N–H and O–H groups in total. The van der Waals surface area contributed by atoms with Crippen molar-refractivity contribution in [3.05, 3.63) is 18.1 Å². The highest BCUT2D eigenvalue weighted by Crippen LogP contribution is 2.09. The normalized spacial score (nSPS) is 11.1. The zero-order chi connectivity index (χ0) is 15.9. The van der Waals surface area contributed by atoms with E-state index in [1.807, 2.05) is 27.7 Å². The van der Waals surface area contributed by atoms with Gasteiger partial charge in [-0.05, 0) is 41.0 Å². The summed E-state index contributed by atoms with van der Waals surface area (Å²) in [5.41, 5.74) is 0.443. The van der Waals surface area contributed by atoms with Gasteiger partial charge in [0.05, 0.1) is 18.1 Å². The summed E-state index contributed by atoms with van der Waals surface area (Å²) in [6.07, 6.45) is 3.99. The molecule has 0 spiro atoms. The van der Waals surface area contributed by atoms with Crippen molar-refractivity contribution >= 4 is 11.9 Å². The highest BCUT2D eigenvalue weighted by atomic mass is 16.6. The Morgan fingerprint density at radius 3 is 2.57 bits per heavy atom. The fourth-order valence-corrected chi connectivity index (χ4v) is 1.76. The summed E-state index contributed by atoms with van der Waals surface area (Å²) in [5.74, 6) is 0.861. The van der Waals surface area contributed by atoms with E-state index in [1.165, 1.54) is 0 Å². The standard InChI is InChI=1S/C15H26N4O2/c1-6-19(13-11-17-12(2)10-18-13)9-7-8-16-14(20)21-15(3,4)5/h10-11H,6-9H2,1-5H3,(H,16,20). The van der Waals surface area contributed by atoms with Crippen molar-refractivity contribution in [3.8, 4) is 0 Å². The van der Waals surface area contributed by atoms with E-state index in [4.69, 9.17) is 4.74 Å². The van der Waals surface area contributed by atoms with Crippen LogP contribution in [0.1, 0.15) is 39.8 Å². The number of hydrogen-bond acceptors (Lipinski definition) is 5. The van der Waals surface area contributed by atoms with Crippen molar-refractivity contribution in [2.24, 2.45) is 0 Å². The van der Waals surface area contributed by atoms with Gasteiger partial charge in [0, 0.05) is 19.6 Å². The van der Waals surface area contributed by atoms with Crippen LogP contribution in [0.15, 0.2) is 12.4 Å². The Bertz CT molecular complexity index is 440. The van der Waals surface area contributed by atoms with Crippen LogP contribution < -0.4 is 10.2 Å². The SMILES string of the molecule is CCN(CCCNC(=O)OC(C)(C)C)c1cnc(C)cn1. The number of carbonyl (C=O) groups is 1. The first-order chi connectivity index (χ1) is 9.81. The molecule has 0 aliphatic heterocycles. The molecule has 0 saturated carbocycles. The molecule has 0 radical (unpaired) electrons. The molecule has 0 bridgehead atoms. The molecule has 118 valence electrons. The maximum absolute atomic E-state index is 11.5. The molecule has 1 amide bonds. The lowest BCUT2D eigenvalue weighted by atomic mass is 10.2. The molecule has 0 aliphatic rings. The molecular weight excluding hydrogens is 268 g/mol. The highest BCUT2D eigenvalue weighted by molar-refractivity contribution is 5.67. The number of aromatic nitrogens is 2. The predicted molar refractivity (Wildman–Crippen MR) is 83.5 cm³/mol. The van der Waals surface area contributed by atoms with E-state index in [2.05, 4.69) is 27.1 Å². The smallest absolute Gasteiger partial charge is 0.407 e. The monoisotopic (exact) mass is 294 g/mol. The quantitative estimate of drug-likeness (QED) is 0.817. The fourth-order valence-electron chi connectivity index (χ4n) is 1.76. The second-order valence-electron chi connectivity index (χ2n) is 5.88. The number of carbonyl (C=O) groups excluding carboxylic acids is 1. The van der Waals surface area contributed by atoms with Crippen molar-refractivity contribution in [1.82, 2.24) is 15.3 Å². The van der Waals surface area contributed by atoms with Crippen LogP contribution in [-0.2, 0) is 4.74 Å². The second kappa shape index (κ2) is 7.81. The van der Waals surface area contributed by atoms with Crippen molar-refractivity contribution in [1.29, 1.82) is 0 Å². The van der Waals surface area contributed by atoms with Crippen LogP contribution in [0.25, 0.3) is 0 Å². The Kier molecular flexibility index (Phi) is 6.39. The average Bonchev–Trinajstić information content (AvgIpc) is 2.38. The summed E-state index contributed by atoms with van der Waals surface area (Å²) < 4.78 is 5.18. The number of rotatable bonds is 6. The first kappa shape index (κ1) is 17.2. The van der Waals surface area contributed by atoms with Gasteiger partial charge in [-0.2, -0.15) is 0 Å². The van der Waals surface area contributed by atoms with E-state index in [0.29, 0.717) is 6.54 Å². The third kappa shape index (κ3) is 6.92. The molecule has 1 heterocycles. The van der Waals surface area contributed by atoms with Crippen LogP contribution in [0.3, 0.4) is 0 Å². The lowest BCUT2D eigenvalue weighted by Gasteiger charge is -2.22. The van der Waals surface area contributed by atoms with Gasteiger partial charge in [0.1, 0.15) is 11.4 Å². The first-order valence-electron chi connectivity index (χ1n) is 7.32. The Labute approximate surface area is 126 Å². The van der Waals surface area contributed by atoms with Crippen LogP contribution in [0.2, 0.25) is 0 Å². The average molecular weight is 294 g/mol. The molecule has 6 nitrogen and oxygen atoms in total. The molecule has 1 rings (SSSR count). The number of aryl methyl sites for hydroxylation is 1. The molecule has 1 aromatic heterocycles. The minimum absolute atomic E-state index is 0.374. The first-order valence-corrected chi connectivity index (χ1v) is 7.32. The Hall–Kier alpha value is -1.85. The minimum Gasteiger partial charge on any atom is -0.444 e. The van der Waals surface area contributed by atoms with Crippen LogP contribution >= 0.6 is 0 Å². The molecule has 0 unspecified atom stereocenters. The zero-order valence-electron chi connectivity index (χ0n) is 13.6. The van der Waals surface area contributed by atoms with Gasteiger partial charge in [-0.25, -0.2) is 9.78 Å². The maximum atomic E-state index is 11.5. The molecule has 0 saturated heterocycles. The Morgan fingerprint density at radius 1 is 1.33 bits per heavy atom. The van der Waals surface area contributed by atoms with E-state index in [9.17, 15) is 4.79 Å². The molecule has 21 heavy (non-hydrogen) atoms. The Morgan fingerprint density at radius 2 is 2.05 bits per heavy atom. The molecular formula is C15H26N4O2. The summed E-state index contributed by atoms with van der Waals surface area (Å²) in [7, 11) is 0. The van der Waals surface area contributed by atoms with Gasteiger partial charge < -0.3 is 15.0 Å².